The normalized spacial score (nSPS) is 35.2. The van der Waals surface area contributed by atoms with Gasteiger partial charge in [-0.1, -0.05) is 0 Å². The van der Waals surface area contributed by atoms with E-state index in [0.717, 1.165) is 75.1 Å². The quantitative estimate of drug-likeness (QED) is 0.613. The summed E-state index contributed by atoms with van der Waals surface area (Å²) in [6.07, 6.45) is 13.0. The fourth-order valence-electron chi connectivity index (χ4n) is 7.56. The molecule has 1 aromatic heterocycles. The van der Waals surface area contributed by atoms with Crippen LogP contribution < -0.4 is 0 Å². The van der Waals surface area contributed by atoms with Gasteiger partial charge in [0.05, 0.1) is 24.3 Å². The number of hydrogen-bond donors (Lipinski definition) is 0. The van der Waals surface area contributed by atoms with E-state index >= 15 is 0 Å². The molecule has 174 valence electrons. The predicted molar refractivity (Wildman–Crippen MR) is 118 cm³/mol. The summed E-state index contributed by atoms with van der Waals surface area (Å²) in [5, 5.41) is 0. The van der Waals surface area contributed by atoms with Gasteiger partial charge in [0.15, 0.2) is 0 Å². The smallest absolute Gasteiger partial charge is 0.242 e. The molecule has 0 radical (unpaired) electrons. The second kappa shape index (κ2) is 8.19. The maximum absolute atomic E-state index is 14.0. The molecule has 4 bridgehead atoms. The van der Waals surface area contributed by atoms with Crippen LogP contribution in [0.4, 0.5) is 0 Å². The summed E-state index contributed by atoms with van der Waals surface area (Å²) in [5.74, 6) is 3.30. The van der Waals surface area contributed by atoms with E-state index in [-0.39, 0.29) is 30.0 Å². The highest BCUT2D eigenvalue weighted by molar-refractivity contribution is 5.89. The monoisotopic (exact) mass is 440 g/mol. The number of carbonyl (C=O) groups is 2. The number of nitrogens with zero attached hydrogens (tertiary/aromatic N) is 2. The van der Waals surface area contributed by atoms with E-state index in [4.69, 9.17) is 9.15 Å². The summed E-state index contributed by atoms with van der Waals surface area (Å²) in [6.45, 7) is 1.99. The van der Waals surface area contributed by atoms with Crippen LogP contribution in [0, 0.1) is 23.2 Å². The van der Waals surface area contributed by atoms with Crippen molar-refractivity contribution >= 4 is 11.8 Å². The topological polar surface area (TPSA) is 63.0 Å². The lowest BCUT2D eigenvalue weighted by Gasteiger charge is -2.56. The van der Waals surface area contributed by atoms with Gasteiger partial charge in [-0.25, -0.2) is 0 Å². The molecule has 1 unspecified atom stereocenters. The molecule has 32 heavy (non-hydrogen) atoms. The summed E-state index contributed by atoms with van der Waals surface area (Å²) in [6, 6.07) is 4.03. The van der Waals surface area contributed by atoms with Crippen LogP contribution >= 0.6 is 0 Å². The second-order valence-electron chi connectivity index (χ2n) is 11.4. The molecule has 5 saturated carbocycles. The average molecular weight is 441 g/mol. The number of amides is 2. The van der Waals surface area contributed by atoms with E-state index in [1.54, 1.807) is 6.26 Å². The van der Waals surface area contributed by atoms with Gasteiger partial charge in [-0.15, -0.1) is 0 Å². The fraction of sp³-hybridized carbons (Fsp3) is 0.769. The maximum atomic E-state index is 14.0. The molecular weight excluding hydrogens is 404 g/mol. The molecule has 0 aromatic carbocycles. The molecule has 1 saturated heterocycles. The number of rotatable bonds is 8. The minimum Gasteiger partial charge on any atom is -0.467 e. The number of hydrogen-bond acceptors (Lipinski definition) is 4. The predicted octanol–water partition coefficient (Wildman–Crippen LogP) is 3.99. The minimum atomic E-state index is -0.183. The first-order valence-electron chi connectivity index (χ1n) is 12.8. The van der Waals surface area contributed by atoms with Crippen LogP contribution in [0.15, 0.2) is 22.8 Å². The minimum absolute atomic E-state index is 0.0295. The highest BCUT2D eigenvalue weighted by atomic mass is 16.5. The molecule has 6 nitrogen and oxygen atoms in total. The zero-order valence-corrected chi connectivity index (χ0v) is 19.0. The standard InChI is InChI=1S/C26H36N2O4/c29-24(27(15-22-3-1-7-31-22)16-23-4-2-8-32-23)17-28(21-5-6-21)25(30)26-12-18-9-19(13-26)11-20(10-18)14-26/h1,3,7,18-21,23H,2,4-6,8-17H2. The van der Waals surface area contributed by atoms with E-state index in [1.165, 1.54) is 19.3 Å². The summed E-state index contributed by atoms with van der Waals surface area (Å²) in [5.41, 5.74) is -0.183. The Hall–Kier alpha value is -1.82. The van der Waals surface area contributed by atoms with E-state index in [2.05, 4.69) is 0 Å². The Labute approximate surface area is 190 Å². The van der Waals surface area contributed by atoms with Crippen LogP contribution in [0.2, 0.25) is 0 Å². The van der Waals surface area contributed by atoms with Crippen molar-refractivity contribution in [2.75, 3.05) is 19.7 Å². The zero-order valence-electron chi connectivity index (χ0n) is 19.0. The lowest BCUT2D eigenvalue weighted by Crippen LogP contribution is -2.56. The van der Waals surface area contributed by atoms with E-state index in [0.29, 0.717) is 19.0 Å². The zero-order chi connectivity index (χ0) is 21.7. The first-order chi connectivity index (χ1) is 15.6. The van der Waals surface area contributed by atoms with Gasteiger partial charge in [-0.05, 0) is 94.1 Å². The first-order valence-corrected chi connectivity index (χ1v) is 12.8. The van der Waals surface area contributed by atoms with Gasteiger partial charge in [-0.2, -0.15) is 0 Å². The first kappa shape index (κ1) is 20.8. The highest BCUT2D eigenvalue weighted by Crippen LogP contribution is 2.61. The molecule has 6 fully saturated rings. The van der Waals surface area contributed by atoms with Crippen molar-refractivity contribution in [1.29, 1.82) is 0 Å². The molecule has 0 spiro atoms. The molecule has 2 amide bonds. The summed E-state index contributed by atoms with van der Waals surface area (Å²) in [4.78, 5) is 31.4. The Bertz CT molecular complexity index is 805. The van der Waals surface area contributed by atoms with Crippen molar-refractivity contribution in [1.82, 2.24) is 9.80 Å². The molecule has 0 N–H and O–H groups in total. The van der Waals surface area contributed by atoms with Crippen molar-refractivity contribution in [3.63, 3.8) is 0 Å². The van der Waals surface area contributed by atoms with Crippen molar-refractivity contribution in [2.24, 2.45) is 23.2 Å². The van der Waals surface area contributed by atoms with Crippen LogP contribution in [0.1, 0.15) is 70.0 Å². The summed E-state index contributed by atoms with van der Waals surface area (Å²) < 4.78 is 11.4. The van der Waals surface area contributed by atoms with E-state index in [9.17, 15) is 9.59 Å². The number of furan rings is 1. The molecule has 1 atom stereocenters. The van der Waals surface area contributed by atoms with Gasteiger partial charge in [0.1, 0.15) is 12.3 Å². The van der Waals surface area contributed by atoms with Crippen LogP contribution in [-0.2, 0) is 20.9 Å². The maximum Gasteiger partial charge on any atom is 0.242 e. The average Bonchev–Trinajstić information content (AvgIpc) is 3.23. The van der Waals surface area contributed by atoms with E-state index in [1.807, 2.05) is 21.9 Å². The van der Waals surface area contributed by atoms with Gasteiger partial charge in [0.2, 0.25) is 11.8 Å². The number of ether oxygens (including phenoxy) is 1. The molecule has 6 heteroatoms. The van der Waals surface area contributed by atoms with Crippen LogP contribution in [0.25, 0.3) is 0 Å². The summed E-state index contributed by atoms with van der Waals surface area (Å²) >= 11 is 0. The summed E-state index contributed by atoms with van der Waals surface area (Å²) in [7, 11) is 0. The Kier molecular flexibility index (Phi) is 5.32. The lowest BCUT2D eigenvalue weighted by atomic mass is 9.49. The van der Waals surface area contributed by atoms with Crippen LogP contribution in [0.3, 0.4) is 0 Å². The molecule has 2 heterocycles. The largest absolute Gasteiger partial charge is 0.467 e. The molecule has 1 aromatic rings. The Morgan fingerprint density at radius 1 is 1.03 bits per heavy atom. The molecular formula is C26H36N2O4. The Morgan fingerprint density at radius 2 is 1.75 bits per heavy atom. The fourth-order valence-corrected chi connectivity index (χ4v) is 7.56. The van der Waals surface area contributed by atoms with Crippen molar-refractivity contribution in [3.05, 3.63) is 24.2 Å². The van der Waals surface area contributed by atoms with Crippen LogP contribution in [-0.4, -0.2) is 53.5 Å². The molecule has 1 aliphatic heterocycles. The van der Waals surface area contributed by atoms with Gasteiger partial charge in [0, 0.05) is 19.2 Å². The van der Waals surface area contributed by atoms with Crippen LogP contribution in [0.5, 0.6) is 0 Å². The lowest BCUT2D eigenvalue weighted by molar-refractivity contribution is -0.161. The Morgan fingerprint density at radius 3 is 2.31 bits per heavy atom. The van der Waals surface area contributed by atoms with Gasteiger partial charge in [-0.3, -0.25) is 9.59 Å². The van der Waals surface area contributed by atoms with Gasteiger partial charge >= 0.3 is 0 Å². The van der Waals surface area contributed by atoms with Crippen molar-refractivity contribution in [3.8, 4) is 0 Å². The van der Waals surface area contributed by atoms with Gasteiger partial charge < -0.3 is 19.0 Å². The van der Waals surface area contributed by atoms with Crippen molar-refractivity contribution < 1.29 is 18.7 Å². The van der Waals surface area contributed by atoms with Gasteiger partial charge in [0.25, 0.3) is 0 Å². The number of carbonyl (C=O) groups excluding carboxylic acids is 2. The highest BCUT2D eigenvalue weighted by Gasteiger charge is 2.56. The third kappa shape index (κ3) is 4.00. The molecule has 5 aliphatic carbocycles. The third-order valence-corrected chi connectivity index (χ3v) is 8.77. The van der Waals surface area contributed by atoms with Crippen molar-refractivity contribution in [2.45, 2.75) is 82.9 Å². The Balaban J connectivity index is 1.19. The SMILES string of the molecule is O=C(CN(C(=O)C12CC3CC(CC(C3)C1)C2)C1CC1)N(Cc1ccco1)CC1CCCO1. The van der Waals surface area contributed by atoms with E-state index < -0.39 is 0 Å². The second-order valence-corrected chi connectivity index (χ2v) is 11.4. The molecule has 7 rings (SSSR count). The third-order valence-electron chi connectivity index (χ3n) is 8.77. The molecule has 6 aliphatic rings.